The van der Waals surface area contributed by atoms with Gasteiger partial charge in [-0.05, 0) is 25.3 Å². The van der Waals surface area contributed by atoms with Crippen LogP contribution in [0.5, 0.6) is 0 Å². The second-order valence-corrected chi connectivity index (χ2v) is 3.83. The van der Waals surface area contributed by atoms with E-state index >= 15 is 0 Å². The molecule has 1 heterocycles. The Morgan fingerprint density at radius 2 is 2.27 bits per heavy atom. The minimum absolute atomic E-state index is 0.0371. The Balaban J connectivity index is 1.99. The fraction of sp³-hybridized carbons (Fsp3) is 0.875. The van der Waals surface area contributed by atoms with Crippen molar-refractivity contribution in [2.45, 2.75) is 6.42 Å². The summed E-state index contributed by atoms with van der Waals surface area (Å²) in [4.78, 5) is 12.8. The Hall–Kier alpha value is -0.570. The van der Waals surface area contributed by atoms with Crippen LogP contribution in [0.3, 0.4) is 0 Å². The highest BCUT2D eigenvalue weighted by Crippen LogP contribution is 2.45. The molecule has 0 aromatic rings. The van der Waals surface area contributed by atoms with Gasteiger partial charge in [0.2, 0.25) is 0 Å². The van der Waals surface area contributed by atoms with Gasteiger partial charge in [-0.3, -0.25) is 4.79 Å². The second-order valence-electron chi connectivity index (χ2n) is 3.83. The molecule has 1 saturated heterocycles. The molecule has 2 rings (SSSR count). The molecule has 0 bridgehead atoms. The van der Waals surface area contributed by atoms with E-state index in [4.69, 9.17) is 5.11 Å². The summed E-state index contributed by atoms with van der Waals surface area (Å²) in [5, 5.41) is 8.75. The number of hydrogen-bond acceptors (Lipinski definition) is 2. The smallest absolute Gasteiger partial charge is 0.306 e. The number of likely N-dealkylation sites (tertiary alicyclic amines) is 1. The minimum Gasteiger partial charge on any atom is -0.481 e. The van der Waals surface area contributed by atoms with Crippen LogP contribution in [-0.2, 0) is 4.79 Å². The number of carbonyl (C=O) groups is 1. The maximum absolute atomic E-state index is 10.6. The summed E-state index contributed by atoms with van der Waals surface area (Å²) in [6.45, 7) is 2.09. The Bertz CT molecular complexity index is 193. The highest BCUT2D eigenvalue weighted by Gasteiger charge is 2.49. The highest BCUT2D eigenvalue weighted by atomic mass is 16.4. The Morgan fingerprint density at radius 1 is 1.55 bits per heavy atom. The number of rotatable bonds is 1. The number of fused-ring (bicyclic) bond motifs is 1. The van der Waals surface area contributed by atoms with Crippen molar-refractivity contribution in [3.8, 4) is 0 Å². The molecule has 1 aliphatic carbocycles. The van der Waals surface area contributed by atoms with Gasteiger partial charge in [0.1, 0.15) is 0 Å². The van der Waals surface area contributed by atoms with Crippen molar-refractivity contribution in [1.82, 2.24) is 4.90 Å². The first-order chi connectivity index (χ1) is 5.18. The first-order valence-electron chi connectivity index (χ1n) is 4.10. The monoisotopic (exact) mass is 155 g/mol. The lowest BCUT2D eigenvalue weighted by atomic mass is 9.67. The lowest BCUT2D eigenvalue weighted by Gasteiger charge is -2.36. The van der Waals surface area contributed by atoms with Crippen LogP contribution >= 0.6 is 0 Å². The van der Waals surface area contributed by atoms with E-state index in [1.807, 2.05) is 0 Å². The molecular weight excluding hydrogens is 142 g/mol. The van der Waals surface area contributed by atoms with E-state index in [0.717, 1.165) is 19.5 Å². The minimum atomic E-state index is -0.596. The number of nitrogens with zero attached hydrogens (tertiary/aromatic N) is 1. The van der Waals surface area contributed by atoms with Gasteiger partial charge in [0.15, 0.2) is 0 Å². The molecule has 2 aliphatic rings. The average Bonchev–Trinajstić information content (AvgIpc) is 2.13. The van der Waals surface area contributed by atoms with E-state index in [9.17, 15) is 4.79 Å². The molecule has 0 amide bonds. The Labute approximate surface area is 66.0 Å². The number of carboxylic acid groups (broad SMARTS) is 1. The van der Waals surface area contributed by atoms with Gasteiger partial charge in [-0.15, -0.1) is 0 Å². The lowest BCUT2D eigenvalue weighted by molar-refractivity contribution is -0.149. The predicted octanol–water partition coefficient (Wildman–Crippen LogP) is 0.269. The molecule has 1 aliphatic heterocycles. The van der Waals surface area contributed by atoms with Crippen molar-refractivity contribution >= 4 is 5.97 Å². The second kappa shape index (κ2) is 2.21. The topological polar surface area (TPSA) is 40.5 Å². The standard InChI is InChI=1S/C8H13NO2/c1-9-3-5-2-6(8(10)11)7(5)4-9/h5-7H,2-4H2,1H3,(H,10,11). The Morgan fingerprint density at radius 3 is 2.82 bits per heavy atom. The van der Waals surface area contributed by atoms with Crippen molar-refractivity contribution in [3.63, 3.8) is 0 Å². The van der Waals surface area contributed by atoms with Crippen LogP contribution in [-0.4, -0.2) is 36.1 Å². The first-order valence-corrected chi connectivity index (χ1v) is 4.10. The molecule has 0 spiro atoms. The van der Waals surface area contributed by atoms with Gasteiger partial charge in [-0.2, -0.15) is 0 Å². The molecule has 11 heavy (non-hydrogen) atoms. The molecule has 3 nitrogen and oxygen atoms in total. The quantitative estimate of drug-likeness (QED) is 0.591. The van der Waals surface area contributed by atoms with Gasteiger partial charge >= 0.3 is 5.97 Å². The zero-order chi connectivity index (χ0) is 8.01. The zero-order valence-corrected chi connectivity index (χ0v) is 6.66. The fourth-order valence-corrected chi connectivity index (χ4v) is 2.41. The van der Waals surface area contributed by atoms with E-state index in [1.54, 1.807) is 0 Å². The third kappa shape index (κ3) is 0.948. The van der Waals surface area contributed by atoms with Gasteiger partial charge in [-0.1, -0.05) is 0 Å². The van der Waals surface area contributed by atoms with E-state index in [-0.39, 0.29) is 5.92 Å². The maximum Gasteiger partial charge on any atom is 0.306 e. The van der Waals surface area contributed by atoms with Gasteiger partial charge in [0.25, 0.3) is 0 Å². The summed E-state index contributed by atoms with van der Waals surface area (Å²) in [5.74, 6) is 0.505. The molecule has 0 aromatic heterocycles. The predicted molar refractivity (Wildman–Crippen MR) is 40.2 cm³/mol. The molecule has 3 atom stereocenters. The van der Waals surface area contributed by atoms with Crippen LogP contribution in [0.25, 0.3) is 0 Å². The third-order valence-corrected chi connectivity index (χ3v) is 3.06. The molecule has 3 heteroatoms. The molecule has 0 radical (unpaired) electrons. The first kappa shape index (κ1) is 7.10. The van der Waals surface area contributed by atoms with Crippen LogP contribution in [0.2, 0.25) is 0 Å². The summed E-state index contributed by atoms with van der Waals surface area (Å²) in [6.07, 6.45) is 0.907. The summed E-state index contributed by atoms with van der Waals surface area (Å²) < 4.78 is 0. The molecule has 1 saturated carbocycles. The van der Waals surface area contributed by atoms with E-state index in [2.05, 4.69) is 11.9 Å². The maximum atomic E-state index is 10.6. The number of carboxylic acids is 1. The van der Waals surface area contributed by atoms with Crippen molar-refractivity contribution in [1.29, 1.82) is 0 Å². The van der Waals surface area contributed by atoms with Gasteiger partial charge in [-0.25, -0.2) is 0 Å². The van der Waals surface area contributed by atoms with Crippen LogP contribution < -0.4 is 0 Å². The van der Waals surface area contributed by atoms with Crippen LogP contribution in [0.15, 0.2) is 0 Å². The molecular formula is C8H13NO2. The largest absolute Gasteiger partial charge is 0.481 e. The molecule has 2 fully saturated rings. The van der Waals surface area contributed by atoms with Crippen LogP contribution in [0.4, 0.5) is 0 Å². The van der Waals surface area contributed by atoms with Crippen molar-refractivity contribution in [2.75, 3.05) is 20.1 Å². The molecule has 62 valence electrons. The van der Waals surface area contributed by atoms with Crippen LogP contribution in [0, 0.1) is 17.8 Å². The number of hydrogen-bond donors (Lipinski definition) is 1. The number of aliphatic carboxylic acids is 1. The normalized spacial score (nSPS) is 43.2. The highest BCUT2D eigenvalue weighted by molar-refractivity contribution is 5.71. The van der Waals surface area contributed by atoms with E-state index in [1.165, 1.54) is 0 Å². The molecule has 0 aromatic carbocycles. The van der Waals surface area contributed by atoms with Crippen molar-refractivity contribution in [2.24, 2.45) is 17.8 Å². The third-order valence-electron chi connectivity index (χ3n) is 3.06. The van der Waals surface area contributed by atoms with Crippen molar-refractivity contribution in [3.05, 3.63) is 0 Å². The molecule has 3 unspecified atom stereocenters. The van der Waals surface area contributed by atoms with Gasteiger partial charge in [0.05, 0.1) is 5.92 Å². The van der Waals surface area contributed by atoms with Crippen molar-refractivity contribution < 1.29 is 9.90 Å². The van der Waals surface area contributed by atoms with Gasteiger partial charge < -0.3 is 10.0 Å². The Kier molecular flexibility index (Phi) is 1.42. The lowest BCUT2D eigenvalue weighted by Crippen LogP contribution is -2.40. The summed E-state index contributed by atoms with van der Waals surface area (Å²) >= 11 is 0. The average molecular weight is 155 g/mol. The fourth-order valence-electron chi connectivity index (χ4n) is 2.41. The SMILES string of the molecule is CN1CC2CC(C(=O)O)C2C1. The van der Waals surface area contributed by atoms with Crippen LogP contribution in [0.1, 0.15) is 6.42 Å². The van der Waals surface area contributed by atoms with E-state index < -0.39 is 5.97 Å². The van der Waals surface area contributed by atoms with E-state index in [0.29, 0.717) is 11.8 Å². The summed E-state index contributed by atoms with van der Waals surface area (Å²) in [6, 6.07) is 0. The summed E-state index contributed by atoms with van der Waals surface area (Å²) in [7, 11) is 2.07. The van der Waals surface area contributed by atoms with Gasteiger partial charge in [0, 0.05) is 13.1 Å². The zero-order valence-electron chi connectivity index (χ0n) is 6.66. The molecule has 1 N–H and O–H groups in total. The summed E-state index contributed by atoms with van der Waals surface area (Å²) in [5.41, 5.74) is 0.